The monoisotopic (exact) mass is 210 g/mol. The van der Waals surface area contributed by atoms with Crippen LogP contribution in [0.25, 0.3) is 0 Å². The van der Waals surface area contributed by atoms with Crippen LogP contribution in [-0.2, 0) is 13.0 Å². The fourth-order valence-corrected chi connectivity index (χ4v) is 1.54. The maximum absolute atomic E-state index is 4.25. The van der Waals surface area contributed by atoms with Crippen LogP contribution in [0.5, 0.6) is 0 Å². The minimum Gasteiger partial charge on any atom is -0.315 e. The zero-order valence-corrected chi connectivity index (χ0v) is 10.0. The van der Waals surface area contributed by atoms with Crippen LogP contribution in [0.4, 0.5) is 0 Å². The molecule has 1 heterocycles. The highest BCUT2D eigenvalue weighted by Gasteiger charge is 2.01. The molecule has 1 N–H and O–H groups in total. The topological polar surface area (TPSA) is 42.7 Å². The molecule has 0 aliphatic rings. The van der Waals surface area contributed by atoms with E-state index < -0.39 is 0 Å². The molecule has 0 saturated carbocycles. The fourth-order valence-electron chi connectivity index (χ4n) is 1.54. The lowest BCUT2D eigenvalue weighted by Crippen LogP contribution is -2.23. The van der Waals surface area contributed by atoms with E-state index >= 15 is 0 Å². The number of aromatic nitrogens is 3. The number of nitrogens with zero attached hydrogens (tertiary/aromatic N) is 3. The summed E-state index contributed by atoms with van der Waals surface area (Å²) in [6.07, 6.45) is 5.06. The number of hydrogen-bond donors (Lipinski definition) is 1. The van der Waals surface area contributed by atoms with Gasteiger partial charge in [0.15, 0.2) is 0 Å². The summed E-state index contributed by atoms with van der Waals surface area (Å²) < 4.78 is 1.97. The van der Waals surface area contributed by atoms with Gasteiger partial charge in [-0.3, -0.25) is 4.68 Å². The molecule has 0 spiro atoms. The van der Waals surface area contributed by atoms with Crippen molar-refractivity contribution in [3.05, 3.63) is 12.2 Å². The Bertz CT molecular complexity index is 267. The Morgan fingerprint density at radius 2 is 2.20 bits per heavy atom. The van der Waals surface area contributed by atoms with Gasteiger partial charge >= 0.3 is 0 Å². The number of nitrogens with one attached hydrogen (secondary N) is 1. The molecule has 0 atom stereocenters. The molecule has 86 valence electrons. The lowest BCUT2D eigenvalue weighted by molar-refractivity contribution is 0.543. The van der Waals surface area contributed by atoms with Gasteiger partial charge in [0.2, 0.25) is 0 Å². The van der Waals surface area contributed by atoms with Gasteiger partial charge in [0.1, 0.15) is 12.2 Å². The molecule has 1 rings (SSSR count). The Morgan fingerprint density at radius 1 is 1.40 bits per heavy atom. The first kappa shape index (κ1) is 12.2. The molecule has 0 aromatic carbocycles. The van der Waals surface area contributed by atoms with Crippen LogP contribution < -0.4 is 5.32 Å². The standard InChI is InChI=1S/C11H22N4/c1-4-15-11(13-9-14-15)7-5-6-8-12-10(2)3/h9-10,12H,4-8H2,1-3H3. The molecule has 0 amide bonds. The second kappa shape index (κ2) is 6.56. The molecule has 0 fully saturated rings. The van der Waals surface area contributed by atoms with E-state index in [1.54, 1.807) is 6.33 Å². The summed E-state index contributed by atoms with van der Waals surface area (Å²) in [5, 5.41) is 7.56. The Labute approximate surface area is 92.1 Å². The minimum atomic E-state index is 0.587. The second-order valence-corrected chi connectivity index (χ2v) is 4.06. The minimum absolute atomic E-state index is 0.587. The number of aryl methyl sites for hydroxylation is 2. The third-order valence-corrected chi connectivity index (χ3v) is 2.38. The second-order valence-electron chi connectivity index (χ2n) is 4.06. The summed E-state index contributed by atoms with van der Waals surface area (Å²) in [5.41, 5.74) is 0. The smallest absolute Gasteiger partial charge is 0.138 e. The van der Waals surface area contributed by atoms with Crippen molar-refractivity contribution in [2.45, 2.75) is 52.6 Å². The van der Waals surface area contributed by atoms with E-state index in [0.717, 1.165) is 25.3 Å². The van der Waals surface area contributed by atoms with E-state index in [1.165, 1.54) is 12.8 Å². The summed E-state index contributed by atoms with van der Waals surface area (Å²) in [4.78, 5) is 4.25. The molecular weight excluding hydrogens is 188 g/mol. The van der Waals surface area contributed by atoms with Crippen LogP contribution >= 0.6 is 0 Å². The third kappa shape index (κ3) is 4.42. The summed E-state index contributed by atoms with van der Waals surface area (Å²) in [7, 11) is 0. The van der Waals surface area contributed by atoms with Gasteiger partial charge in [-0.05, 0) is 26.3 Å². The van der Waals surface area contributed by atoms with Crippen molar-refractivity contribution in [2.75, 3.05) is 6.54 Å². The first-order valence-corrected chi connectivity index (χ1v) is 5.84. The van der Waals surface area contributed by atoms with Crippen LogP contribution in [0.1, 0.15) is 39.4 Å². The lowest BCUT2D eigenvalue weighted by atomic mass is 10.2. The van der Waals surface area contributed by atoms with E-state index in [4.69, 9.17) is 0 Å². The van der Waals surface area contributed by atoms with Gasteiger partial charge < -0.3 is 5.32 Å². The first-order chi connectivity index (χ1) is 7.24. The first-order valence-electron chi connectivity index (χ1n) is 5.84. The molecule has 0 aliphatic heterocycles. The molecule has 1 aromatic rings. The Morgan fingerprint density at radius 3 is 2.87 bits per heavy atom. The van der Waals surface area contributed by atoms with Crippen molar-refractivity contribution in [1.82, 2.24) is 20.1 Å². The number of hydrogen-bond acceptors (Lipinski definition) is 3. The van der Waals surface area contributed by atoms with Crippen molar-refractivity contribution in [3.8, 4) is 0 Å². The average molecular weight is 210 g/mol. The molecule has 0 unspecified atom stereocenters. The van der Waals surface area contributed by atoms with Crippen LogP contribution in [0.2, 0.25) is 0 Å². The van der Waals surface area contributed by atoms with Gasteiger partial charge in [0.05, 0.1) is 0 Å². The summed E-state index contributed by atoms with van der Waals surface area (Å²) in [5.74, 6) is 1.11. The molecule has 0 bridgehead atoms. The van der Waals surface area contributed by atoms with Crippen LogP contribution in [0, 0.1) is 0 Å². The maximum atomic E-state index is 4.25. The number of unbranched alkanes of at least 4 members (excludes halogenated alkanes) is 1. The molecule has 0 radical (unpaired) electrons. The Hall–Kier alpha value is -0.900. The highest BCUT2D eigenvalue weighted by atomic mass is 15.3. The predicted molar refractivity (Wildman–Crippen MR) is 61.8 cm³/mol. The largest absolute Gasteiger partial charge is 0.315 e. The van der Waals surface area contributed by atoms with E-state index in [-0.39, 0.29) is 0 Å². The summed E-state index contributed by atoms with van der Waals surface area (Å²) in [6.45, 7) is 8.46. The molecule has 0 saturated heterocycles. The fraction of sp³-hybridized carbons (Fsp3) is 0.818. The third-order valence-electron chi connectivity index (χ3n) is 2.38. The highest BCUT2D eigenvalue weighted by molar-refractivity contribution is 4.84. The van der Waals surface area contributed by atoms with Gasteiger partial charge in [-0.15, -0.1) is 0 Å². The summed E-state index contributed by atoms with van der Waals surface area (Å²) in [6, 6.07) is 0.587. The van der Waals surface area contributed by atoms with Gasteiger partial charge in [-0.2, -0.15) is 5.10 Å². The van der Waals surface area contributed by atoms with Crippen molar-refractivity contribution >= 4 is 0 Å². The van der Waals surface area contributed by atoms with Gasteiger partial charge in [-0.1, -0.05) is 13.8 Å². The predicted octanol–water partition coefficient (Wildman–Crippen LogP) is 1.62. The average Bonchev–Trinajstić information content (AvgIpc) is 2.64. The summed E-state index contributed by atoms with van der Waals surface area (Å²) >= 11 is 0. The quantitative estimate of drug-likeness (QED) is 0.695. The van der Waals surface area contributed by atoms with Crippen LogP contribution in [0.15, 0.2) is 6.33 Å². The van der Waals surface area contributed by atoms with E-state index in [1.807, 2.05) is 4.68 Å². The van der Waals surface area contributed by atoms with E-state index in [0.29, 0.717) is 6.04 Å². The van der Waals surface area contributed by atoms with Crippen LogP contribution in [0.3, 0.4) is 0 Å². The number of rotatable bonds is 7. The Balaban J connectivity index is 2.15. The molecule has 4 nitrogen and oxygen atoms in total. The zero-order valence-electron chi connectivity index (χ0n) is 10.0. The lowest BCUT2D eigenvalue weighted by Gasteiger charge is -2.07. The van der Waals surface area contributed by atoms with Crippen molar-refractivity contribution < 1.29 is 0 Å². The van der Waals surface area contributed by atoms with Gasteiger partial charge in [0, 0.05) is 19.0 Å². The Kier molecular flexibility index (Phi) is 5.32. The van der Waals surface area contributed by atoms with Gasteiger partial charge in [0.25, 0.3) is 0 Å². The van der Waals surface area contributed by atoms with Crippen molar-refractivity contribution in [2.24, 2.45) is 0 Å². The zero-order chi connectivity index (χ0) is 11.1. The molecule has 15 heavy (non-hydrogen) atoms. The molecular formula is C11H22N4. The van der Waals surface area contributed by atoms with Crippen molar-refractivity contribution in [1.29, 1.82) is 0 Å². The van der Waals surface area contributed by atoms with E-state index in [9.17, 15) is 0 Å². The van der Waals surface area contributed by atoms with E-state index in [2.05, 4.69) is 36.2 Å². The normalized spacial score (nSPS) is 11.2. The highest BCUT2D eigenvalue weighted by Crippen LogP contribution is 2.00. The molecule has 1 aromatic heterocycles. The van der Waals surface area contributed by atoms with Crippen molar-refractivity contribution in [3.63, 3.8) is 0 Å². The van der Waals surface area contributed by atoms with Crippen LogP contribution in [-0.4, -0.2) is 27.4 Å². The van der Waals surface area contributed by atoms with Gasteiger partial charge in [-0.25, -0.2) is 4.98 Å². The maximum Gasteiger partial charge on any atom is 0.138 e. The molecule has 4 heteroatoms. The SMILES string of the molecule is CCn1ncnc1CCCCNC(C)C. The molecule has 0 aliphatic carbocycles.